The monoisotopic (exact) mass is 386 g/mol. The van der Waals surface area contributed by atoms with E-state index in [0.29, 0.717) is 18.2 Å². The summed E-state index contributed by atoms with van der Waals surface area (Å²) < 4.78 is 1.92. The highest BCUT2D eigenvalue weighted by Gasteiger charge is 2.05. The van der Waals surface area contributed by atoms with Crippen molar-refractivity contribution in [3.05, 3.63) is 95.8 Å². The van der Waals surface area contributed by atoms with Crippen molar-refractivity contribution in [3.8, 4) is 0 Å². The number of anilines is 1. The maximum atomic E-state index is 5.40. The van der Waals surface area contributed by atoms with E-state index < -0.39 is 0 Å². The Morgan fingerprint density at radius 2 is 1.79 bits per heavy atom. The van der Waals surface area contributed by atoms with E-state index in [1.807, 2.05) is 10.9 Å². The van der Waals surface area contributed by atoms with Gasteiger partial charge in [0.1, 0.15) is 0 Å². The zero-order chi connectivity index (χ0) is 19.3. The van der Waals surface area contributed by atoms with Gasteiger partial charge in [-0.05, 0) is 41.0 Å². The quantitative estimate of drug-likeness (QED) is 0.480. The first kappa shape index (κ1) is 18.2. The van der Waals surface area contributed by atoms with Crippen molar-refractivity contribution in [3.63, 3.8) is 0 Å². The molecule has 0 bridgehead atoms. The first-order valence-corrected chi connectivity index (χ1v) is 9.68. The molecule has 0 aliphatic carbocycles. The topological polar surface area (TPSA) is 41.9 Å². The van der Waals surface area contributed by atoms with Crippen molar-refractivity contribution in [2.24, 2.45) is 0 Å². The van der Waals surface area contributed by atoms with Gasteiger partial charge in [0.25, 0.3) is 0 Å². The number of hydrogen-bond donors (Lipinski definition) is 2. The van der Waals surface area contributed by atoms with Crippen LogP contribution in [0.15, 0.2) is 79.1 Å². The van der Waals surface area contributed by atoms with Crippen molar-refractivity contribution < 1.29 is 0 Å². The van der Waals surface area contributed by atoms with E-state index in [1.165, 1.54) is 27.5 Å². The molecule has 140 valence electrons. The molecule has 1 aromatic heterocycles. The molecule has 2 N–H and O–H groups in total. The molecule has 3 aromatic carbocycles. The lowest BCUT2D eigenvalue weighted by Gasteiger charge is -2.09. The minimum Gasteiger partial charge on any atom is -0.358 e. The second-order valence-electron chi connectivity index (χ2n) is 6.86. The summed E-state index contributed by atoms with van der Waals surface area (Å²) >= 11 is 5.40. The van der Waals surface area contributed by atoms with Crippen LogP contribution in [-0.2, 0) is 13.1 Å². The predicted molar refractivity (Wildman–Crippen MR) is 120 cm³/mol. The molecule has 4 aromatic rings. The number of benzene rings is 3. The molecule has 0 unspecified atom stereocenters. The fourth-order valence-electron chi connectivity index (χ4n) is 3.18. The Bertz CT molecular complexity index is 1090. The van der Waals surface area contributed by atoms with Gasteiger partial charge in [0.2, 0.25) is 0 Å². The van der Waals surface area contributed by atoms with Gasteiger partial charge in [0, 0.05) is 12.7 Å². The normalized spacial score (nSPS) is 10.8. The van der Waals surface area contributed by atoms with Gasteiger partial charge in [-0.15, -0.1) is 0 Å². The van der Waals surface area contributed by atoms with Crippen molar-refractivity contribution >= 4 is 33.8 Å². The fourth-order valence-corrected chi connectivity index (χ4v) is 3.37. The minimum atomic E-state index is 0.588. The van der Waals surface area contributed by atoms with Gasteiger partial charge >= 0.3 is 0 Å². The summed E-state index contributed by atoms with van der Waals surface area (Å²) in [4.78, 5) is 0. The van der Waals surface area contributed by atoms with Crippen LogP contribution in [-0.4, -0.2) is 14.9 Å². The van der Waals surface area contributed by atoms with Gasteiger partial charge in [-0.25, -0.2) is 0 Å². The molecular weight excluding hydrogens is 364 g/mol. The molecule has 0 saturated carbocycles. The third-order valence-electron chi connectivity index (χ3n) is 4.68. The van der Waals surface area contributed by atoms with Crippen molar-refractivity contribution in [2.75, 3.05) is 5.32 Å². The summed E-state index contributed by atoms with van der Waals surface area (Å²) in [6.45, 7) is 3.49. The molecule has 4 rings (SSSR count). The molecule has 0 aliphatic rings. The highest BCUT2D eigenvalue weighted by atomic mass is 32.1. The third-order valence-corrected chi connectivity index (χ3v) is 4.92. The molecule has 0 amide bonds. The SMILES string of the molecule is Cc1ccc(CNC(=S)Nc2cnn(Cc3cccc4ccccc34)c2)cc1. The Hall–Kier alpha value is -3.18. The first-order chi connectivity index (χ1) is 13.7. The van der Waals surface area contributed by atoms with Crippen LogP contribution in [0.1, 0.15) is 16.7 Å². The van der Waals surface area contributed by atoms with E-state index in [2.05, 4.69) is 89.4 Å². The van der Waals surface area contributed by atoms with Crippen LogP contribution in [0.2, 0.25) is 0 Å². The summed E-state index contributed by atoms with van der Waals surface area (Å²) in [5, 5.41) is 14.0. The van der Waals surface area contributed by atoms with Gasteiger partial charge < -0.3 is 10.6 Å². The average Bonchev–Trinajstić information content (AvgIpc) is 3.14. The fraction of sp³-hybridized carbons (Fsp3) is 0.130. The van der Waals surface area contributed by atoms with E-state index in [1.54, 1.807) is 6.20 Å². The lowest BCUT2D eigenvalue weighted by Crippen LogP contribution is -2.27. The molecule has 0 fully saturated rings. The maximum absolute atomic E-state index is 5.40. The van der Waals surface area contributed by atoms with Crippen LogP contribution in [0.5, 0.6) is 0 Å². The van der Waals surface area contributed by atoms with Gasteiger partial charge in [-0.2, -0.15) is 5.10 Å². The number of thiocarbonyl (C=S) groups is 1. The molecule has 1 heterocycles. The number of rotatable bonds is 5. The van der Waals surface area contributed by atoms with Gasteiger partial charge in [-0.3, -0.25) is 4.68 Å². The molecule has 0 saturated heterocycles. The highest BCUT2D eigenvalue weighted by molar-refractivity contribution is 7.80. The zero-order valence-electron chi connectivity index (χ0n) is 15.7. The molecule has 0 atom stereocenters. The summed E-state index contributed by atoms with van der Waals surface area (Å²) in [6, 6.07) is 23.2. The Morgan fingerprint density at radius 3 is 2.64 bits per heavy atom. The summed E-state index contributed by atoms with van der Waals surface area (Å²) in [7, 11) is 0. The third kappa shape index (κ3) is 4.38. The van der Waals surface area contributed by atoms with Crippen LogP contribution < -0.4 is 10.6 Å². The summed E-state index contributed by atoms with van der Waals surface area (Å²) in [6.07, 6.45) is 3.77. The molecule has 0 aliphatic heterocycles. The molecular formula is C23H22N4S. The van der Waals surface area contributed by atoms with Gasteiger partial charge in [0.05, 0.1) is 18.4 Å². The Morgan fingerprint density at radius 1 is 1.00 bits per heavy atom. The number of aromatic nitrogens is 2. The van der Waals surface area contributed by atoms with Crippen molar-refractivity contribution in [1.82, 2.24) is 15.1 Å². The number of nitrogens with zero attached hydrogens (tertiary/aromatic N) is 2. The Kier molecular flexibility index (Phi) is 5.35. The van der Waals surface area contributed by atoms with E-state index in [4.69, 9.17) is 12.2 Å². The molecule has 28 heavy (non-hydrogen) atoms. The number of fused-ring (bicyclic) bond motifs is 1. The van der Waals surface area contributed by atoms with Crippen molar-refractivity contribution in [2.45, 2.75) is 20.0 Å². The zero-order valence-corrected chi connectivity index (χ0v) is 16.5. The molecule has 4 nitrogen and oxygen atoms in total. The molecule has 5 heteroatoms. The largest absolute Gasteiger partial charge is 0.358 e. The average molecular weight is 387 g/mol. The number of nitrogens with one attached hydrogen (secondary N) is 2. The van der Waals surface area contributed by atoms with Crippen molar-refractivity contribution in [1.29, 1.82) is 0 Å². The van der Waals surface area contributed by atoms with Crippen LogP contribution in [0.25, 0.3) is 10.8 Å². The Balaban J connectivity index is 1.37. The lowest BCUT2D eigenvalue weighted by molar-refractivity contribution is 0.690. The van der Waals surface area contributed by atoms with Crippen LogP contribution in [0.3, 0.4) is 0 Å². The standard InChI is InChI=1S/C23H22N4S/c1-17-9-11-18(12-10-17)13-24-23(28)26-21-14-25-27(16-21)15-20-7-4-6-19-5-2-3-8-22(19)20/h2-12,14,16H,13,15H2,1H3,(H2,24,26,28). The van der Waals surface area contributed by atoms with E-state index in [9.17, 15) is 0 Å². The van der Waals surface area contributed by atoms with Crippen LogP contribution in [0, 0.1) is 6.92 Å². The first-order valence-electron chi connectivity index (χ1n) is 9.27. The van der Waals surface area contributed by atoms with Gasteiger partial charge in [-0.1, -0.05) is 72.3 Å². The highest BCUT2D eigenvalue weighted by Crippen LogP contribution is 2.19. The van der Waals surface area contributed by atoms with E-state index in [-0.39, 0.29) is 0 Å². The maximum Gasteiger partial charge on any atom is 0.171 e. The van der Waals surface area contributed by atoms with Gasteiger partial charge in [0.15, 0.2) is 5.11 Å². The van der Waals surface area contributed by atoms with Crippen LogP contribution in [0.4, 0.5) is 5.69 Å². The Labute approximate surface area is 170 Å². The second-order valence-corrected chi connectivity index (χ2v) is 7.27. The molecule has 0 spiro atoms. The summed E-state index contributed by atoms with van der Waals surface area (Å²) in [5.41, 5.74) is 4.57. The lowest BCUT2D eigenvalue weighted by atomic mass is 10.0. The summed E-state index contributed by atoms with van der Waals surface area (Å²) in [5.74, 6) is 0. The minimum absolute atomic E-state index is 0.588. The van der Waals surface area contributed by atoms with Crippen LogP contribution >= 0.6 is 12.2 Å². The number of hydrogen-bond acceptors (Lipinski definition) is 2. The second kappa shape index (κ2) is 8.23. The smallest absolute Gasteiger partial charge is 0.171 e. The van der Waals surface area contributed by atoms with E-state index in [0.717, 1.165) is 5.69 Å². The van der Waals surface area contributed by atoms with E-state index >= 15 is 0 Å². The molecule has 0 radical (unpaired) electrons. The number of aryl methyl sites for hydroxylation is 1. The predicted octanol–water partition coefficient (Wildman–Crippen LogP) is 4.88.